The zero-order chi connectivity index (χ0) is 16.4. The number of rotatable bonds is 3. The average molecular weight is 316 g/mol. The smallest absolute Gasteiger partial charge is 0.132 e. The van der Waals surface area contributed by atoms with Gasteiger partial charge in [-0.3, -0.25) is 0 Å². The van der Waals surface area contributed by atoms with Crippen molar-refractivity contribution in [1.29, 1.82) is 0 Å². The van der Waals surface area contributed by atoms with Gasteiger partial charge in [0.15, 0.2) is 0 Å². The molecule has 3 aromatic rings. The van der Waals surface area contributed by atoms with Crippen LogP contribution in [0.1, 0.15) is 11.7 Å². The van der Waals surface area contributed by atoms with E-state index < -0.39 is 0 Å². The molecule has 0 radical (unpaired) electrons. The predicted molar refractivity (Wildman–Crippen MR) is 98.4 cm³/mol. The van der Waals surface area contributed by atoms with Gasteiger partial charge in [0.05, 0.1) is 0 Å². The van der Waals surface area contributed by atoms with Gasteiger partial charge in [-0.05, 0) is 30.3 Å². The third kappa shape index (κ3) is 2.58. The topological polar surface area (TPSA) is 26.7 Å². The van der Waals surface area contributed by atoms with Gasteiger partial charge in [0, 0.05) is 30.0 Å². The lowest BCUT2D eigenvalue weighted by molar-refractivity contribution is 0.461. The number of hydrogen-bond donors (Lipinski definition) is 1. The Morgan fingerprint density at radius 3 is 1.58 bits per heavy atom. The first kappa shape index (κ1) is 14.6. The maximum absolute atomic E-state index is 10.4. The lowest BCUT2D eigenvalue weighted by Crippen LogP contribution is -2.30. The van der Waals surface area contributed by atoms with Crippen molar-refractivity contribution in [2.45, 2.75) is 6.17 Å². The van der Waals surface area contributed by atoms with Gasteiger partial charge in [-0.1, -0.05) is 54.6 Å². The summed E-state index contributed by atoms with van der Waals surface area (Å²) in [5.41, 5.74) is 3.27. The number of nitrogens with zero attached hydrogens (tertiary/aromatic N) is 2. The van der Waals surface area contributed by atoms with Crippen LogP contribution in [0.25, 0.3) is 0 Å². The monoisotopic (exact) mass is 316 g/mol. The molecule has 0 bridgehead atoms. The van der Waals surface area contributed by atoms with Gasteiger partial charge in [-0.15, -0.1) is 0 Å². The number of anilines is 2. The molecule has 24 heavy (non-hydrogen) atoms. The van der Waals surface area contributed by atoms with Gasteiger partial charge >= 0.3 is 0 Å². The predicted octanol–water partition coefficient (Wildman–Crippen LogP) is 4.42. The number of phenolic OH excluding ortho intramolecular Hbond substituents is 1. The molecule has 0 spiro atoms. The van der Waals surface area contributed by atoms with Crippen molar-refractivity contribution in [1.82, 2.24) is 0 Å². The van der Waals surface area contributed by atoms with E-state index in [9.17, 15) is 5.11 Å². The Kier molecular flexibility index (Phi) is 3.83. The van der Waals surface area contributed by atoms with E-state index in [0.29, 0.717) is 5.75 Å². The van der Waals surface area contributed by atoms with Crippen LogP contribution in [-0.2, 0) is 0 Å². The molecule has 0 atom stereocenters. The standard InChI is InChI=1S/C21H20N2O/c24-20-14-8-7-13-19(20)21-22(17-9-3-1-4-10-17)15-16-23(21)18-11-5-2-6-12-18/h1-14,21,24H,15-16H2. The van der Waals surface area contributed by atoms with E-state index in [1.807, 2.05) is 30.3 Å². The minimum atomic E-state index is -0.0176. The van der Waals surface area contributed by atoms with Gasteiger partial charge in [-0.25, -0.2) is 0 Å². The number of hydrogen-bond acceptors (Lipinski definition) is 3. The van der Waals surface area contributed by atoms with Crippen LogP contribution in [0.5, 0.6) is 5.75 Å². The zero-order valence-electron chi connectivity index (χ0n) is 13.4. The Labute approximate surface area is 142 Å². The molecule has 3 nitrogen and oxygen atoms in total. The Morgan fingerprint density at radius 2 is 1.08 bits per heavy atom. The first-order valence-corrected chi connectivity index (χ1v) is 8.26. The molecule has 0 unspecified atom stereocenters. The van der Waals surface area contributed by atoms with E-state index in [2.05, 4.69) is 58.3 Å². The third-order valence-corrected chi connectivity index (χ3v) is 4.56. The van der Waals surface area contributed by atoms with Crippen LogP contribution in [0.15, 0.2) is 84.9 Å². The van der Waals surface area contributed by atoms with Crippen LogP contribution in [0.2, 0.25) is 0 Å². The van der Waals surface area contributed by atoms with Gasteiger partial charge in [-0.2, -0.15) is 0 Å². The number of benzene rings is 3. The van der Waals surface area contributed by atoms with E-state index in [0.717, 1.165) is 18.7 Å². The normalized spacial score (nSPS) is 15.0. The highest BCUT2D eigenvalue weighted by atomic mass is 16.3. The molecule has 0 saturated carbocycles. The van der Waals surface area contributed by atoms with Gasteiger partial charge in [0.25, 0.3) is 0 Å². The highest BCUT2D eigenvalue weighted by Gasteiger charge is 2.34. The van der Waals surface area contributed by atoms with Gasteiger partial charge in [0.2, 0.25) is 0 Å². The zero-order valence-corrected chi connectivity index (χ0v) is 13.4. The highest BCUT2D eigenvalue weighted by molar-refractivity contribution is 5.60. The molecule has 3 heteroatoms. The molecule has 1 aliphatic rings. The van der Waals surface area contributed by atoms with Crippen LogP contribution in [0.3, 0.4) is 0 Å². The molecule has 120 valence electrons. The van der Waals surface area contributed by atoms with Crippen molar-refractivity contribution in [3.63, 3.8) is 0 Å². The second-order valence-corrected chi connectivity index (χ2v) is 5.99. The summed E-state index contributed by atoms with van der Waals surface area (Å²) < 4.78 is 0. The summed E-state index contributed by atoms with van der Waals surface area (Å²) in [6.07, 6.45) is -0.0176. The molecule has 1 N–H and O–H groups in total. The molecule has 0 aliphatic carbocycles. The molecular weight excluding hydrogens is 296 g/mol. The second kappa shape index (κ2) is 6.28. The highest BCUT2D eigenvalue weighted by Crippen LogP contribution is 2.40. The van der Waals surface area contributed by atoms with Gasteiger partial charge in [0.1, 0.15) is 11.9 Å². The average Bonchev–Trinajstić information content (AvgIpc) is 3.08. The van der Waals surface area contributed by atoms with E-state index in [-0.39, 0.29) is 6.17 Å². The fraction of sp³-hybridized carbons (Fsp3) is 0.143. The fourth-order valence-corrected chi connectivity index (χ4v) is 3.45. The van der Waals surface area contributed by atoms with Crippen LogP contribution in [-0.4, -0.2) is 18.2 Å². The molecule has 4 rings (SSSR count). The summed E-state index contributed by atoms with van der Waals surface area (Å²) in [5, 5.41) is 10.4. The van der Waals surface area contributed by atoms with Crippen molar-refractivity contribution >= 4 is 11.4 Å². The Balaban J connectivity index is 1.80. The summed E-state index contributed by atoms with van der Waals surface area (Å²) in [4.78, 5) is 4.70. The second-order valence-electron chi connectivity index (χ2n) is 5.99. The molecule has 1 heterocycles. The van der Waals surface area contributed by atoms with Crippen LogP contribution < -0.4 is 9.80 Å². The molecule has 1 fully saturated rings. The maximum Gasteiger partial charge on any atom is 0.132 e. The lowest BCUT2D eigenvalue weighted by Gasteiger charge is -2.33. The quantitative estimate of drug-likeness (QED) is 0.775. The Morgan fingerprint density at radius 1 is 0.625 bits per heavy atom. The lowest BCUT2D eigenvalue weighted by atomic mass is 10.1. The van der Waals surface area contributed by atoms with Crippen LogP contribution >= 0.6 is 0 Å². The summed E-state index contributed by atoms with van der Waals surface area (Å²) in [7, 11) is 0. The summed E-state index contributed by atoms with van der Waals surface area (Å²) >= 11 is 0. The third-order valence-electron chi connectivity index (χ3n) is 4.56. The first-order valence-electron chi connectivity index (χ1n) is 8.26. The van der Waals surface area contributed by atoms with Gasteiger partial charge < -0.3 is 14.9 Å². The van der Waals surface area contributed by atoms with Crippen molar-refractivity contribution in [3.05, 3.63) is 90.5 Å². The first-order chi connectivity index (χ1) is 11.8. The molecule has 0 aromatic heterocycles. The number of phenols is 1. The van der Waals surface area contributed by atoms with Crippen LogP contribution in [0, 0.1) is 0 Å². The van der Waals surface area contributed by atoms with E-state index in [1.165, 1.54) is 11.4 Å². The van der Waals surface area contributed by atoms with Crippen molar-refractivity contribution in [3.8, 4) is 5.75 Å². The van der Waals surface area contributed by atoms with Crippen LogP contribution in [0.4, 0.5) is 11.4 Å². The molecule has 1 saturated heterocycles. The van der Waals surface area contributed by atoms with E-state index >= 15 is 0 Å². The Bertz CT molecular complexity index is 757. The van der Waals surface area contributed by atoms with E-state index in [1.54, 1.807) is 6.07 Å². The fourth-order valence-electron chi connectivity index (χ4n) is 3.45. The van der Waals surface area contributed by atoms with Crippen molar-refractivity contribution in [2.75, 3.05) is 22.9 Å². The molecule has 3 aromatic carbocycles. The van der Waals surface area contributed by atoms with Crippen molar-refractivity contribution < 1.29 is 5.11 Å². The largest absolute Gasteiger partial charge is 0.508 e. The van der Waals surface area contributed by atoms with Crippen molar-refractivity contribution in [2.24, 2.45) is 0 Å². The summed E-state index contributed by atoms with van der Waals surface area (Å²) in [6.45, 7) is 1.83. The minimum Gasteiger partial charge on any atom is -0.508 e. The minimum absolute atomic E-state index is 0.0176. The maximum atomic E-state index is 10.4. The van der Waals surface area contributed by atoms with E-state index in [4.69, 9.17) is 0 Å². The molecule has 1 aliphatic heterocycles. The SMILES string of the molecule is Oc1ccccc1C1N(c2ccccc2)CCN1c1ccccc1. The molecule has 0 amide bonds. The Hall–Kier alpha value is -2.94. The summed E-state index contributed by atoms with van der Waals surface area (Å²) in [5.74, 6) is 0.339. The number of para-hydroxylation sites is 3. The summed E-state index contributed by atoms with van der Waals surface area (Å²) in [6, 6.07) is 28.4. The number of aromatic hydroxyl groups is 1. The molecular formula is C21H20N2O.